The molecule has 0 aromatic carbocycles. The van der Waals surface area contributed by atoms with Crippen molar-refractivity contribution >= 4 is 0 Å². The summed E-state index contributed by atoms with van der Waals surface area (Å²) >= 11 is 0. The molecule has 3 heteroatoms. The van der Waals surface area contributed by atoms with E-state index >= 15 is 0 Å². The molecule has 1 heterocycles. The first-order valence-electron chi connectivity index (χ1n) is 7.19. The zero-order valence-corrected chi connectivity index (χ0v) is 11.2. The Morgan fingerprint density at radius 3 is 2.65 bits per heavy atom. The summed E-state index contributed by atoms with van der Waals surface area (Å²) in [6.07, 6.45) is 6.43. The fourth-order valence-electron chi connectivity index (χ4n) is 3.03. The average Bonchev–Trinajstić information content (AvgIpc) is 2.33. The van der Waals surface area contributed by atoms with Crippen LogP contribution in [0.2, 0.25) is 0 Å². The van der Waals surface area contributed by atoms with Crippen LogP contribution < -0.4 is 0 Å². The summed E-state index contributed by atoms with van der Waals surface area (Å²) in [5, 5.41) is 9.68. The number of aliphatic hydroxyl groups is 1. The smallest absolute Gasteiger partial charge is 0.0556 e. The molecule has 0 aromatic heterocycles. The summed E-state index contributed by atoms with van der Waals surface area (Å²) in [4.78, 5) is 2.52. The van der Waals surface area contributed by atoms with Gasteiger partial charge in [0.1, 0.15) is 0 Å². The van der Waals surface area contributed by atoms with Crippen LogP contribution in [0.3, 0.4) is 0 Å². The summed E-state index contributed by atoms with van der Waals surface area (Å²) in [7, 11) is 0. The third kappa shape index (κ3) is 3.43. The van der Waals surface area contributed by atoms with Crippen molar-refractivity contribution in [3.05, 3.63) is 0 Å². The van der Waals surface area contributed by atoms with Gasteiger partial charge in [-0.25, -0.2) is 0 Å². The summed E-state index contributed by atoms with van der Waals surface area (Å²) in [5.74, 6) is 0.912. The van der Waals surface area contributed by atoms with E-state index in [1.807, 2.05) is 0 Å². The van der Waals surface area contributed by atoms with Crippen LogP contribution in [0, 0.1) is 11.3 Å². The molecule has 0 bridgehead atoms. The lowest BCUT2D eigenvalue weighted by Crippen LogP contribution is -2.47. The molecule has 1 saturated carbocycles. The maximum atomic E-state index is 9.68. The predicted molar refractivity (Wildman–Crippen MR) is 69.0 cm³/mol. The van der Waals surface area contributed by atoms with Crippen LogP contribution in [0.1, 0.15) is 39.0 Å². The molecule has 3 nitrogen and oxygen atoms in total. The molecule has 1 N–H and O–H groups in total. The number of rotatable bonds is 6. The fourth-order valence-corrected chi connectivity index (χ4v) is 3.03. The SMILES string of the molecule is CCN(CC1CCC1)CC1(CO)CCCOC1. The van der Waals surface area contributed by atoms with Crippen LogP contribution >= 0.6 is 0 Å². The molecule has 1 atom stereocenters. The topological polar surface area (TPSA) is 32.7 Å². The normalized spacial score (nSPS) is 30.5. The minimum absolute atomic E-state index is 0.0119. The molecule has 1 aliphatic heterocycles. The van der Waals surface area contributed by atoms with E-state index in [0.29, 0.717) is 0 Å². The van der Waals surface area contributed by atoms with Gasteiger partial charge in [0.2, 0.25) is 0 Å². The molecule has 2 fully saturated rings. The standard InChI is InChI=1S/C14H27NO2/c1-2-15(9-13-5-3-6-13)10-14(11-16)7-4-8-17-12-14/h13,16H,2-12H2,1H3. The van der Waals surface area contributed by atoms with E-state index in [1.54, 1.807) is 0 Å². The van der Waals surface area contributed by atoms with Gasteiger partial charge >= 0.3 is 0 Å². The van der Waals surface area contributed by atoms with E-state index in [2.05, 4.69) is 11.8 Å². The Morgan fingerprint density at radius 1 is 1.35 bits per heavy atom. The third-order valence-electron chi connectivity index (χ3n) is 4.49. The first-order chi connectivity index (χ1) is 8.28. The van der Waals surface area contributed by atoms with Crippen molar-refractivity contribution in [3.8, 4) is 0 Å². The van der Waals surface area contributed by atoms with Crippen LogP contribution in [0.5, 0.6) is 0 Å². The largest absolute Gasteiger partial charge is 0.396 e. The molecule has 0 aromatic rings. The number of hydrogen-bond donors (Lipinski definition) is 1. The molecule has 2 rings (SSSR count). The van der Waals surface area contributed by atoms with E-state index in [9.17, 15) is 5.11 Å². The van der Waals surface area contributed by atoms with Crippen molar-refractivity contribution in [2.45, 2.75) is 39.0 Å². The number of aliphatic hydroxyl groups excluding tert-OH is 1. The van der Waals surface area contributed by atoms with Gasteiger partial charge in [-0.2, -0.15) is 0 Å². The van der Waals surface area contributed by atoms with Crippen LogP contribution in [-0.2, 0) is 4.74 Å². The van der Waals surface area contributed by atoms with Crippen molar-refractivity contribution in [2.75, 3.05) is 39.5 Å². The Kier molecular flexibility index (Phi) is 4.83. The first-order valence-corrected chi connectivity index (χ1v) is 7.19. The Labute approximate surface area is 105 Å². The highest BCUT2D eigenvalue weighted by Gasteiger charge is 2.34. The molecule has 1 saturated heterocycles. The Balaban J connectivity index is 1.85. The second kappa shape index (κ2) is 6.17. The molecule has 0 spiro atoms. The molecule has 0 amide bonds. The van der Waals surface area contributed by atoms with Gasteiger partial charge in [0.15, 0.2) is 0 Å². The van der Waals surface area contributed by atoms with Gasteiger partial charge in [-0.1, -0.05) is 13.3 Å². The Bertz CT molecular complexity index is 222. The van der Waals surface area contributed by atoms with Crippen molar-refractivity contribution < 1.29 is 9.84 Å². The zero-order chi connectivity index (χ0) is 12.1. The Hall–Kier alpha value is -0.120. The summed E-state index contributed by atoms with van der Waals surface area (Å²) in [6, 6.07) is 0. The highest BCUT2D eigenvalue weighted by Crippen LogP contribution is 2.32. The highest BCUT2D eigenvalue weighted by atomic mass is 16.5. The van der Waals surface area contributed by atoms with Gasteiger partial charge < -0.3 is 14.7 Å². The van der Waals surface area contributed by atoms with E-state index in [0.717, 1.165) is 45.1 Å². The summed E-state index contributed by atoms with van der Waals surface area (Å²) < 4.78 is 5.58. The van der Waals surface area contributed by atoms with Crippen molar-refractivity contribution in [1.82, 2.24) is 4.90 Å². The second-order valence-corrected chi connectivity index (χ2v) is 5.94. The van der Waals surface area contributed by atoms with Gasteiger partial charge in [0.25, 0.3) is 0 Å². The van der Waals surface area contributed by atoms with Gasteiger partial charge in [0.05, 0.1) is 13.2 Å². The van der Waals surface area contributed by atoms with Crippen LogP contribution in [0.15, 0.2) is 0 Å². The van der Waals surface area contributed by atoms with Gasteiger partial charge in [0, 0.05) is 25.1 Å². The molecule has 1 unspecified atom stereocenters. The molecule has 0 radical (unpaired) electrons. The number of ether oxygens (including phenoxy) is 1. The lowest BCUT2D eigenvalue weighted by molar-refractivity contribution is -0.0575. The highest BCUT2D eigenvalue weighted by molar-refractivity contribution is 4.85. The lowest BCUT2D eigenvalue weighted by Gasteiger charge is -2.41. The van der Waals surface area contributed by atoms with Crippen molar-refractivity contribution in [3.63, 3.8) is 0 Å². The van der Waals surface area contributed by atoms with Gasteiger partial charge in [-0.15, -0.1) is 0 Å². The maximum absolute atomic E-state index is 9.68. The lowest BCUT2D eigenvalue weighted by atomic mass is 9.81. The fraction of sp³-hybridized carbons (Fsp3) is 1.00. The van der Waals surface area contributed by atoms with Crippen LogP contribution in [-0.4, -0.2) is 49.5 Å². The second-order valence-electron chi connectivity index (χ2n) is 5.94. The molecular weight excluding hydrogens is 214 g/mol. The van der Waals surface area contributed by atoms with Crippen LogP contribution in [0.4, 0.5) is 0 Å². The van der Waals surface area contributed by atoms with E-state index in [4.69, 9.17) is 4.74 Å². The minimum Gasteiger partial charge on any atom is -0.396 e. The van der Waals surface area contributed by atoms with E-state index in [1.165, 1.54) is 25.8 Å². The van der Waals surface area contributed by atoms with Crippen molar-refractivity contribution in [1.29, 1.82) is 0 Å². The van der Waals surface area contributed by atoms with E-state index < -0.39 is 0 Å². The van der Waals surface area contributed by atoms with Crippen molar-refractivity contribution in [2.24, 2.45) is 11.3 Å². The van der Waals surface area contributed by atoms with E-state index in [-0.39, 0.29) is 12.0 Å². The molecule has 17 heavy (non-hydrogen) atoms. The van der Waals surface area contributed by atoms with Gasteiger partial charge in [-0.05, 0) is 38.1 Å². The molecular formula is C14H27NO2. The summed E-state index contributed by atoms with van der Waals surface area (Å²) in [6.45, 7) is 7.44. The average molecular weight is 241 g/mol. The predicted octanol–water partition coefficient (Wildman–Crippen LogP) is 1.90. The number of nitrogens with zero attached hydrogens (tertiary/aromatic N) is 1. The minimum atomic E-state index is 0.0119. The third-order valence-corrected chi connectivity index (χ3v) is 4.49. The van der Waals surface area contributed by atoms with Gasteiger partial charge in [-0.3, -0.25) is 0 Å². The summed E-state index contributed by atoms with van der Waals surface area (Å²) in [5.41, 5.74) is 0.0119. The van der Waals surface area contributed by atoms with Crippen LogP contribution in [0.25, 0.3) is 0 Å². The molecule has 1 aliphatic carbocycles. The molecule has 2 aliphatic rings. The monoisotopic (exact) mass is 241 g/mol. The maximum Gasteiger partial charge on any atom is 0.0556 e. The number of hydrogen-bond acceptors (Lipinski definition) is 3. The quantitative estimate of drug-likeness (QED) is 0.771. The first kappa shape index (κ1) is 13.3. The Morgan fingerprint density at radius 2 is 2.18 bits per heavy atom. The zero-order valence-electron chi connectivity index (χ0n) is 11.2. The molecule has 100 valence electrons.